The third kappa shape index (κ3) is 3.48. The van der Waals surface area contributed by atoms with Crippen molar-refractivity contribution in [1.82, 2.24) is 4.72 Å². The van der Waals surface area contributed by atoms with Gasteiger partial charge in [-0.1, -0.05) is 19.1 Å². The molecule has 0 heterocycles. The SMILES string of the molecule is CCCNS(=O)(=O)c1cccc(CCl)c1. The molecule has 0 aliphatic heterocycles. The van der Waals surface area contributed by atoms with Crippen LogP contribution < -0.4 is 4.72 Å². The van der Waals surface area contributed by atoms with Gasteiger partial charge >= 0.3 is 0 Å². The molecule has 15 heavy (non-hydrogen) atoms. The highest BCUT2D eigenvalue weighted by Gasteiger charge is 2.12. The third-order valence-electron chi connectivity index (χ3n) is 1.91. The zero-order chi connectivity index (χ0) is 11.3. The average Bonchev–Trinajstić information content (AvgIpc) is 2.26. The van der Waals surface area contributed by atoms with Gasteiger partial charge < -0.3 is 0 Å². The van der Waals surface area contributed by atoms with Crippen LogP contribution in [0.4, 0.5) is 0 Å². The van der Waals surface area contributed by atoms with Gasteiger partial charge in [0.15, 0.2) is 0 Å². The highest BCUT2D eigenvalue weighted by molar-refractivity contribution is 7.89. The molecule has 0 saturated heterocycles. The summed E-state index contributed by atoms with van der Waals surface area (Å²) in [6, 6.07) is 6.64. The molecule has 0 aliphatic rings. The zero-order valence-electron chi connectivity index (χ0n) is 8.53. The van der Waals surface area contributed by atoms with Crippen molar-refractivity contribution >= 4 is 21.6 Å². The summed E-state index contributed by atoms with van der Waals surface area (Å²) in [6.07, 6.45) is 0.772. The van der Waals surface area contributed by atoms with Gasteiger partial charge in [-0.15, -0.1) is 11.6 Å². The van der Waals surface area contributed by atoms with Crippen LogP contribution in [0.3, 0.4) is 0 Å². The molecule has 1 rings (SSSR count). The monoisotopic (exact) mass is 247 g/mol. The van der Waals surface area contributed by atoms with Crippen molar-refractivity contribution in [2.24, 2.45) is 0 Å². The van der Waals surface area contributed by atoms with E-state index in [2.05, 4.69) is 4.72 Å². The van der Waals surface area contributed by atoms with Crippen LogP contribution in [0.15, 0.2) is 29.2 Å². The van der Waals surface area contributed by atoms with Gasteiger partial charge in [0.05, 0.1) is 4.90 Å². The average molecular weight is 248 g/mol. The highest BCUT2D eigenvalue weighted by Crippen LogP contribution is 2.12. The van der Waals surface area contributed by atoms with Crippen molar-refractivity contribution in [1.29, 1.82) is 0 Å². The lowest BCUT2D eigenvalue weighted by atomic mass is 10.2. The molecule has 0 bridgehead atoms. The normalized spacial score (nSPS) is 11.6. The first-order valence-electron chi connectivity index (χ1n) is 4.74. The zero-order valence-corrected chi connectivity index (χ0v) is 10.1. The second-order valence-electron chi connectivity index (χ2n) is 3.18. The second kappa shape index (κ2) is 5.49. The van der Waals surface area contributed by atoms with Gasteiger partial charge in [-0.25, -0.2) is 13.1 Å². The Morgan fingerprint density at radius 1 is 1.40 bits per heavy atom. The fourth-order valence-corrected chi connectivity index (χ4v) is 2.49. The Labute approximate surface area is 95.5 Å². The van der Waals surface area contributed by atoms with Gasteiger partial charge in [0, 0.05) is 12.4 Å². The molecule has 0 spiro atoms. The van der Waals surface area contributed by atoms with Crippen molar-refractivity contribution in [3.63, 3.8) is 0 Å². The number of alkyl halides is 1. The van der Waals surface area contributed by atoms with E-state index >= 15 is 0 Å². The summed E-state index contributed by atoms with van der Waals surface area (Å²) in [7, 11) is -3.36. The molecule has 0 aliphatic carbocycles. The summed E-state index contributed by atoms with van der Waals surface area (Å²) in [6.45, 7) is 2.37. The number of halogens is 1. The molecule has 0 saturated carbocycles. The Morgan fingerprint density at radius 2 is 2.13 bits per heavy atom. The minimum Gasteiger partial charge on any atom is -0.211 e. The maximum Gasteiger partial charge on any atom is 0.240 e. The second-order valence-corrected chi connectivity index (χ2v) is 5.21. The quantitative estimate of drug-likeness (QED) is 0.811. The van der Waals surface area contributed by atoms with E-state index in [-0.39, 0.29) is 4.90 Å². The van der Waals surface area contributed by atoms with Crippen molar-refractivity contribution in [2.75, 3.05) is 6.54 Å². The minimum atomic E-state index is -3.36. The van der Waals surface area contributed by atoms with Crippen molar-refractivity contribution in [3.05, 3.63) is 29.8 Å². The predicted molar refractivity (Wildman–Crippen MR) is 61.5 cm³/mol. The van der Waals surface area contributed by atoms with Crippen LogP contribution in [-0.2, 0) is 15.9 Å². The van der Waals surface area contributed by atoms with Gasteiger partial charge in [-0.3, -0.25) is 0 Å². The van der Waals surface area contributed by atoms with Crippen LogP contribution in [0.2, 0.25) is 0 Å². The Morgan fingerprint density at radius 3 is 2.73 bits per heavy atom. The van der Waals surface area contributed by atoms with E-state index < -0.39 is 10.0 Å². The molecule has 5 heteroatoms. The van der Waals surface area contributed by atoms with Crippen LogP contribution in [0.25, 0.3) is 0 Å². The van der Waals surface area contributed by atoms with Crippen molar-refractivity contribution < 1.29 is 8.42 Å². The van der Waals surface area contributed by atoms with E-state index in [0.29, 0.717) is 12.4 Å². The fourth-order valence-electron chi connectivity index (χ4n) is 1.12. The smallest absolute Gasteiger partial charge is 0.211 e. The largest absolute Gasteiger partial charge is 0.240 e. The Kier molecular flexibility index (Phi) is 4.57. The van der Waals surface area contributed by atoms with E-state index in [1.54, 1.807) is 24.3 Å². The molecule has 1 aromatic rings. The molecule has 0 radical (unpaired) electrons. The molecule has 3 nitrogen and oxygen atoms in total. The van der Waals surface area contributed by atoms with Crippen LogP contribution in [0.1, 0.15) is 18.9 Å². The summed E-state index contributed by atoms with van der Waals surface area (Å²) < 4.78 is 25.9. The van der Waals surface area contributed by atoms with Crippen molar-refractivity contribution in [3.8, 4) is 0 Å². The molecule has 0 aromatic heterocycles. The third-order valence-corrected chi connectivity index (χ3v) is 3.67. The van der Waals surface area contributed by atoms with Crippen molar-refractivity contribution in [2.45, 2.75) is 24.1 Å². The van der Waals surface area contributed by atoms with Crippen LogP contribution in [0.5, 0.6) is 0 Å². The summed E-state index contributed by atoms with van der Waals surface area (Å²) >= 11 is 5.64. The van der Waals surface area contributed by atoms with Crippen LogP contribution >= 0.6 is 11.6 Å². The molecule has 0 unspecified atom stereocenters. The first-order valence-corrected chi connectivity index (χ1v) is 6.76. The summed E-state index contributed by atoms with van der Waals surface area (Å²) in [5.41, 5.74) is 0.802. The summed E-state index contributed by atoms with van der Waals surface area (Å²) in [5.74, 6) is 0.317. The molecule has 0 atom stereocenters. The maximum absolute atomic E-state index is 11.7. The summed E-state index contributed by atoms with van der Waals surface area (Å²) in [4.78, 5) is 0.272. The van der Waals surface area contributed by atoms with Gasteiger partial charge in [0.2, 0.25) is 10.0 Å². The Bertz CT molecular complexity index is 417. The van der Waals surface area contributed by atoms with E-state index in [9.17, 15) is 8.42 Å². The molecule has 1 N–H and O–H groups in total. The number of benzene rings is 1. The van der Waals surface area contributed by atoms with Gasteiger partial charge in [-0.2, -0.15) is 0 Å². The minimum absolute atomic E-state index is 0.272. The molecular formula is C10H14ClNO2S. The molecule has 1 aromatic carbocycles. The first-order chi connectivity index (χ1) is 7.10. The fraction of sp³-hybridized carbons (Fsp3) is 0.400. The van der Waals surface area contributed by atoms with Gasteiger partial charge in [0.1, 0.15) is 0 Å². The van der Waals surface area contributed by atoms with E-state index in [1.807, 2.05) is 6.92 Å². The highest BCUT2D eigenvalue weighted by atomic mass is 35.5. The number of rotatable bonds is 5. The van der Waals surface area contributed by atoms with E-state index in [4.69, 9.17) is 11.6 Å². The lowest BCUT2D eigenvalue weighted by Gasteiger charge is -2.06. The lowest BCUT2D eigenvalue weighted by Crippen LogP contribution is -2.24. The number of nitrogens with one attached hydrogen (secondary N) is 1. The molecular weight excluding hydrogens is 234 g/mol. The summed E-state index contributed by atoms with van der Waals surface area (Å²) in [5, 5.41) is 0. The topological polar surface area (TPSA) is 46.2 Å². The molecule has 0 fully saturated rings. The van der Waals surface area contributed by atoms with Crippen LogP contribution in [-0.4, -0.2) is 15.0 Å². The Balaban J connectivity index is 2.94. The van der Waals surface area contributed by atoms with Crippen LogP contribution in [0, 0.1) is 0 Å². The number of sulfonamides is 1. The predicted octanol–water partition coefficient (Wildman–Crippen LogP) is 2.11. The number of hydrogen-bond donors (Lipinski definition) is 1. The molecule has 0 amide bonds. The molecule has 84 valence electrons. The standard InChI is InChI=1S/C10H14ClNO2S/c1-2-6-12-15(13,14)10-5-3-4-9(7-10)8-11/h3-5,7,12H,2,6,8H2,1H3. The Hall–Kier alpha value is -0.580. The maximum atomic E-state index is 11.7. The van der Waals surface area contributed by atoms with Gasteiger partial charge in [0.25, 0.3) is 0 Å². The van der Waals surface area contributed by atoms with E-state index in [1.165, 1.54) is 0 Å². The van der Waals surface area contributed by atoms with E-state index in [0.717, 1.165) is 12.0 Å². The van der Waals surface area contributed by atoms with Gasteiger partial charge in [-0.05, 0) is 24.1 Å². The lowest BCUT2D eigenvalue weighted by molar-refractivity contribution is 0.580. The number of hydrogen-bond acceptors (Lipinski definition) is 2. The first kappa shape index (κ1) is 12.5.